The number of benzene rings is 1. The van der Waals surface area contributed by atoms with Crippen molar-refractivity contribution >= 4 is 5.91 Å². The molecule has 1 aromatic heterocycles. The molecule has 2 rings (SSSR count). The Hall–Kier alpha value is -2.30. The van der Waals surface area contributed by atoms with Gasteiger partial charge in [0, 0.05) is 11.8 Å². The summed E-state index contributed by atoms with van der Waals surface area (Å²) >= 11 is 0. The summed E-state index contributed by atoms with van der Waals surface area (Å²) in [5.74, 6) is 0.0941. The van der Waals surface area contributed by atoms with Crippen LogP contribution >= 0.6 is 0 Å². The van der Waals surface area contributed by atoms with E-state index in [2.05, 4.69) is 31.2 Å². The summed E-state index contributed by atoms with van der Waals surface area (Å²) < 4.78 is 1.93. The summed E-state index contributed by atoms with van der Waals surface area (Å²) in [5, 5.41) is 17.0. The topological polar surface area (TPSA) is 67.2 Å². The minimum Gasteiger partial charge on any atom is -0.508 e. The second kappa shape index (κ2) is 6.44. The highest BCUT2D eigenvalue weighted by atomic mass is 16.3. The first-order valence-corrected chi connectivity index (χ1v) is 7.80. The number of aryl methyl sites for hydroxylation is 1. The number of rotatable bonds is 4. The molecule has 0 fully saturated rings. The van der Waals surface area contributed by atoms with Gasteiger partial charge in [0.1, 0.15) is 5.75 Å². The van der Waals surface area contributed by atoms with E-state index in [0.29, 0.717) is 0 Å². The fourth-order valence-corrected chi connectivity index (χ4v) is 2.46. The third-order valence-corrected chi connectivity index (χ3v) is 3.74. The Kier molecular flexibility index (Phi) is 4.78. The number of amides is 1. The van der Waals surface area contributed by atoms with Crippen molar-refractivity contribution in [1.29, 1.82) is 0 Å². The zero-order valence-corrected chi connectivity index (χ0v) is 14.4. The zero-order valence-electron chi connectivity index (χ0n) is 14.4. The van der Waals surface area contributed by atoms with Crippen molar-refractivity contribution in [1.82, 2.24) is 15.1 Å². The van der Waals surface area contributed by atoms with Gasteiger partial charge in [0.2, 0.25) is 5.91 Å². The van der Waals surface area contributed by atoms with Gasteiger partial charge in [-0.15, -0.1) is 0 Å². The first kappa shape index (κ1) is 17.1. The Bertz CT molecular complexity index is 699. The zero-order chi connectivity index (χ0) is 17.2. The van der Waals surface area contributed by atoms with Crippen molar-refractivity contribution in [3.63, 3.8) is 0 Å². The smallest absolute Gasteiger partial charge is 0.224 e. The summed E-state index contributed by atoms with van der Waals surface area (Å²) in [7, 11) is 0. The monoisotopic (exact) mass is 315 g/mol. The van der Waals surface area contributed by atoms with Gasteiger partial charge >= 0.3 is 0 Å². The summed E-state index contributed by atoms with van der Waals surface area (Å²) in [5.41, 5.74) is 2.64. The summed E-state index contributed by atoms with van der Waals surface area (Å²) in [6.07, 6.45) is 2.24. The Balaban J connectivity index is 2.05. The Morgan fingerprint density at radius 1 is 1.39 bits per heavy atom. The molecule has 0 aliphatic rings. The highest BCUT2D eigenvalue weighted by Gasteiger charge is 2.20. The van der Waals surface area contributed by atoms with Gasteiger partial charge in [0.05, 0.1) is 23.7 Å². The summed E-state index contributed by atoms with van der Waals surface area (Å²) in [6, 6.07) is 6.64. The van der Waals surface area contributed by atoms with Gasteiger partial charge in [-0.2, -0.15) is 5.10 Å². The molecule has 1 atom stereocenters. The number of carbonyl (C=O) groups is 1. The molecule has 2 N–H and O–H groups in total. The molecule has 2 aromatic rings. The highest BCUT2D eigenvalue weighted by molar-refractivity contribution is 5.79. The average molecular weight is 315 g/mol. The number of aromatic nitrogens is 2. The first-order valence-electron chi connectivity index (χ1n) is 7.80. The normalized spacial score (nSPS) is 12.9. The predicted octanol–water partition coefficient (Wildman–Crippen LogP) is 3.07. The molecule has 1 aromatic carbocycles. The standard InChI is InChI=1S/C18H25N3O2/c1-12(16-11-21(18(3,4)5)20-13(16)2)19-17(23)10-14-7-6-8-15(22)9-14/h6-9,11-12,22H,10H2,1-5H3,(H,19,23). The van der Waals surface area contributed by atoms with E-state index < -0.39 is 0 Å². The molecule has 5 heteroatoms. The van der Waals surface area contributed by atoms with Crippen molar-refractivity contribution in [3.8, 4) is 5.75 Å². The van der Waals surface area contributed by atoms with Crippen molar-refractivity contribution in [3.05, 3.63) is 47.3 Å². The van der Waals surface area contributed by atoms with Crippen LogP contribution < -0.4 is 5.32 Å². The molecule has 1 heterocycles. The Morgan fingerprint density at radius 2 is 2.09 bits per heavy atom. The molecule has 23 heavy (non-hydrogen) atoms. The third-order valence-electron chi connectivity index (χ3n) is 3.74. The van der Waals surface area contributed by atoms with Crippen molar-refractivity contribution in [2.45, 2.75) is 52.6 Å². The van der Waals surface area contributed by atoms with Crippen LogP contribution in [-0.2, 0) is 16.8 Å². The number of nitrogens with one attached hydrogen (secondary N) is 1. The fraction of sp³-hybridized carbons (Fsp3) is 0.444. The lowest BCUT2D eigenvalue weighted by Gasteiger charge is -2.19. The minimum absolute atomic E-state index is 0.0778. The van der Waals surface area contributed by atoms with E-state index in [9.17, 15) is 9.90 Å². The second-order valence-corrected chi connectivity index (χ2v) is 6.92. The van der Waals surface area contributed by atoms with E-state index in [-0.39, 0.29) is 29.7 Å². The Labute approximate surface area is 137 Å². The van der Waals surface area contributed by atoms with Crippen LogP contribution in [0.1, 0.15) is 50.6 Å². The van der Waals surface area contributed by atoms with Crippen molar-refractivity contribution in [2.24, 2.45) is 0 Å². The minimum atomic E-state index is -0.115. The number of hydrogen-bond donors (Lipinski definition) is 2. The Morgan fingerprint density at radius 3 is 2.65 bits per heavy atom. The van der Waals surface area contributed by atoms with Crippen LogP contribution in [0.4, 0.5) is 0 Å². The SMILES string of the molecule is Cc1nn(C(C)(C)C)cc1C(C)NC(=O)Cc1cccc(O)c1. The molecule has 0 aliphatic carbocycles. The summed E-state index contributed by atoms with van der Waals surface area (Å²) in [6.45, 7) is 10.2. The molecule has 0 saturated carbocycles. The van der Waals surface area contributed by atoms with E-state index in [1.807, 2.05) is 30.8 Å². The molecule has 0 bridgehead atoms. The largest absolute Gasteiger partial charge is 0.508 e. The van der Waals surface area contributed by atoms with Crippen LogP contribution in [-0.4, -0.2) is 20.8 Å². The molecule has 5 nitrogen and oxygen atoms in total. The van der Waals surface area contributed by atoms with Crippen LogP contribution in [0.2, 0.25) is 0 Å². The molecule has 1 unspecified atom stereocenters. The van der Waals surface area contributed by atoms with Gasteiger partial charge in [0.25, 0.3) is 0 Å². The van der Waals surface area contributed by atoms with Crippen molar-refractivity contribution in [2.75, 3.05) is 0 Å². The molecule has 0 aliphatic heterocycles. The number of phenolic OH excluding ortho intramolecular Hbond substituents is 1. The number of carbonyl (C=O) groups excluding carboxylic acids is 1. The second-order valence-electron chi connectivity index (χ2n) is 6.92. The number of phenols is 1. The van der Waals surface area contributed by atoms with Gasteiger partial charge in [-0.3, -0.25) is 9.48 Å². The van der Waals surface area contributed by atoms with Gasteiger partial charge < -0.3 is 10.4 Å². The maximum atomic E-state index is 12.2. The van der Waals surface area contributed by atoms with Gasteiger partial charge in [-0.05, 0) is 52.3 Å². The lowest BCUT2D eigenvalue weighted by Crippen LogP contribution is -2.28. The lowest BCUT2D eigenvalue weighted by atomic mass is 10.1. The quantitative estimate of drug-likeness (QED) is 0.911. The predicted molar refractivity (Wildman–Crippen MR) is 90.3 cm³/mol. The third kappa shape index (κ3) is 4.34. The van der Waals surface area contributed by atoms with Crippen LogP contribution in [0.15, 0.2) is 30.5 Å². The van der Waals surface area contributed by atoms with Crippen molar-refractivity contribution < 1.29 is 9.90 Å². The number of aromatic hydroxyl groups is 1. The van der Waals surface area contributed by atoms with E-state index in [4.69, 9.17) is 0 Å². The van der Waals surface area contributed by atoms with Gasteiger partial charge in [0.15, 0.2) is 0 Å². The number of hydrogen-bond acceptors (Lipinski definition) is 3. The maximum Gasteiger partial charge on any atom is 0.224 e. The molecular weight excluding hydrogens is 290 g/mol. The lowest BCUT2D eigenvalue weighted by molar-refractivity contribution is -0.121. The van der Waals surface area contributed by atoms with E-state index in [1.165, 1.54) is 0 Å². The van der Waals surface area contributed by atoms with E-state index in [1.54, 1.807) is 18.2 Å². The molecule has 1 amide bonds. The van der Waals surface area contributed by atoms with E-state index >= 15 is 0 Å². The fourth-order valence-electron chi connectivity index (χ4n) is 2.46. The first-order chi connectivity index (χ1) is 10.7. The van der Waals surface area contributed by atoms with Gasteiger partial charge in [-0.25, -0.2) is 0 Å². The molecule has 0 spiro atoms. The van der Waals surface area contributed by atoms with Crippen LogP contribution in [0, 0.1) is 6.92 Å². The van der Waals surface area contributed by atoms with Gasteiger partial charge in [-0.1, -0.05) is 12.1 Å². The average Bonchev–Trinajstić information content (AvgIpc) is 2.80. The highest BCUT2D eigenvalue weighted by Crippen LogP contribution is 2.21. The van der Waals surface area contributed by atoms with Crippen LogP contribution in [0.5, 0.6) is 5.75 Å². The maximum absolute atomic E-state index is 12.2. The molecular formula is C18H25N3O2. The molecule has 124 valence electrons. The summed E-state index contributed by atoms with van der Waals surface area (Å²) in [4.78, 5) is 12.2. The van der Waals surface area contributed by atoms with Crippen LogP contribution in [0.25, 0.3) is 0 Å². The van der Waals surface area contributed by atoms with Crippen LogP contribution in [0.3, 0.4) is 0 Å². The molecule has 0 radical (unpaired) electrons. The number of nitrogens with zero attached hydrogens (tertiary/aromatic N) is 2. The molecule has 0 saturated heterocycles. The van der Waals surface area contributed by atoms with E-state index in [0.717, 1.165) is 16.8 Å².